The van der Waals surface area contributed by atoms with Gasteiger partial charge in [0.25, 0.3) is 0 Å². The average molecular weight is 288 g/mol. The Balaban J connectivity index is 1.63. The number of nitrogens with zero attached hydrogens (tertiary/aromatic N) is 1. The summed E-state index contributed by atoms with van der Waals surface area (Å²) in [5.41, 5.74) is 8.65. The zero-order valence-corrected chi connectivity index (χ0v) is 12.6. The Morgan fingerprint density at radius 3 is 2.45 bits per heavy atom. The second-order valence-electron chi connectivity index (χ2n) is 6.09. The highest BCUT2D eigenvalue weighted by Gasteiger charge is 2.36. The Morgan fingerprint density at radius 1 is 0.955 bits per heavy atom. The van der Waals surface area contributed by atoms with Crippen LogP contribution in [-0.2, 0) is 0 Å². The lowest BCUT2D eigenvalue weighted by Crippen LogP contribution is -2.25. The molecule has 0 aromatic heterocycles. The maximum Gasteiger partial charge on any atom is 0.0773 e. The number of nitrogens with one attached hydrogen (secondary N) is 1. The van der Waals surface area contributed by atoms with Gasteiger partial charge in [0.1, 0.15) is 0 Å². The third kappa shape index (κ3) is 2.45. The molecule has 2 nitrogen and oxygen atoms in total. The van der Waals surface area contributed by atoms with Gasteiger partial charge in [-0.05, 0) is 42.0 Å². The molecule has 1 aliphatic carbocycles. The van der Waals surface area contributed by atoms with E-state index >= 15 is 0 Å². The summed E-state index contributed by atoms with van der Waals surface area (Å²) < 4.78 is 0. The molecule has 1 aliphatic heterocycles. The summed E-state index contributed by atoms with van der Waals surface area (Å²) in [5.74, 6) is 0.506. The lowest BCUT2D eigenvalue weighted by molar-refractivity contribution is 0.451. The van der Waals surface area contributed by atoms with E-state index in [-0.39, 0.29) is 0 Å². The molecule has 0 radical (unpaired) electrons. The molecule has 0 unspecified atom stereocenters. The van der Waals surface area contributed by atoms with E-state index in [1.54, 1.807) is 0 Å². The highest BCUT2D eigenvalue weighted by atomic mass is 15.3. The standard InChI is InChI=1S/C20H20N2/c1-3-8-15(9-4-1)14-17-12-7-13-18-19(21-22-20(17)18)16-10-5-2-6-11-16/h1-6,8-11,14,18-19,21H,7,12-13H2/b17-14+/t18-,19-/m0/s1. The molecule has 0 spiro atoms. The Morgan fingerprint density at radius 2 is 1.68 bits per heavy atom. The zero-order chi connectivity index (χ0) is 14.8. The molecular weight excluding hydrogens is 268 g/mol. The molecule has 4 rings (SSSR count). The minimum atomic E-state index is 0.329. The molecule has 0 amide bonds. The van der Waals surface area contributed by atoms with Crippen molar-refractivity contribution in [1.82, 2.24) is 5.43 Å². The molecule has 22 heavy (non-hydrogen) atoms. The van der Waals surface area contributed by atoms with Gasteiger partial charge in [-0.3, -0.25) is 0 Å². The molecule has 2 aromatic rings. The first-order valence-corrected chi connectivity index (χ1v) is 8.06. The van der Waals surface area contributed by atoms with Crippen LogP contribution in [0.15, 0.2) is 71.3 Å². The molecule has 0 bridgehead atoms. The first-order chi connectivity index (χ1) is 10.9. The molecule has 2 aromatic carbocycles. The van der Waals surface area contributed by atoms with E-state index in [1.807, 2.05) is 0 Å². The highest BCUT2D eigenvalue weighted by molar-refractivity contribution is 6.07. The summed E-state index contributed by atoms with van der Waals surface area (Å²) in [6, 6.07) is 21.6. The SMILES string of the molecule is C(=C1/CCC[C@@H]2C1=NN[C@H]2c1ccccc1)/c1ccccc1. The van der Waals surface area contributed by atoms with Crippen LogP contribution >= 0.6 is 0 Å². The van der Waals surface area contributed by atoms with E-state index < -0.39 is 0 Å². The molecule has 1 N–H and O–H groups in total. The van der Waals surface area contributed by atoms with Gasteiger partial charge in [-0.2, -0.15) is 5.10 Å². The average Bonchev–Trinajstić information content (AvgIpc) is 3.02. The predicted octanol–water partition coefficient (Wildman–Crippen LogP) is 4.57. The molecule has 2 aliphatic rings. The van der Waals surface area contributed by atoms with Crippen LogP contribution in [0.2, 0.25) is 0 Å². The molecular formula is C20H20N2. The summed E-state index contributed by atoms with van der Waals surface area (Å²) in [4.78, 5) is 0. The van der Waals surface area contributed by atoms with E-state index in [1.165, 1.54) is 35.3 Å². The van der Waals surface area contributed by atoms with Crippen molar-refractivity contribution in [3.63, 3.8) is 0 Å². The number of allylic oxidation sites excluding steroid dienone is 1. The van der Waals surface area contributed by atoms with Crippen LogP contribution < -0.4 is 5.43 Å². The monoisotopic (exact) mass is 288 g/mol. The number of hydrogen-bond acceptors (Lipinski definition) is 2. The molecule has 1 saturated carbocycles. The van der Waals surface area contributed by atoms with E-state index in [4.69, 9.17) is 5.10 Å². The molecule has 0 saturated heterocycles. The van der Waals surface area contributed by atoms with E-state index in [0.29, 0.717) is 12.0 Å². The second-order valence-corrected chi connectivity index (χ2v) is 6.09. The summed E-state index contributed by atoms with van der Waals surface area (Å²) >= 11 is 0. The van der Waals surface area contributed by atoms with Crippen molar-refractivity contribution in [2.45, 2.75) is 25.3 Å². The van der Waals surface area contributed by atoms with Crippen LogP contribution in [0.25, 0.3) is 6.08 Å². The molecule has 1 heterocycles. The maximum absolute atomic E-state index is 4.69. The maximum atomic E-state index is 4.69. The summed E-state index contributed by atoms with van der Waals surface area (Å²) in [5, 5.41) is 4.69. The van der Waals surface area contributed by atoms with Crippen LogP contribution in [0.3, 0.4) is 0 Å². The molecule has 1 fully saturated rings. The van der Waals surface area contributed by atoms with E-state index in [0.717, 1.165) is 6.42 Å². The third-order valence-electron chi connectivity index (χ3n) is 4.67. The van der Waals surface area contributed by atoms with Crippen LogP contribution in [0.4, 0.5) is 0 Å². The van der Waals surface area contributed by atoms with Crippen molar-refractivity contribution in [1.29, 1.82) is 0 Å². The van der Waals surface area contributed by atoms with Gasteiger partial charge in [-0.25, -0.2) is 0 Å². The molecule has 2 atom stereocenters. The Bertz CT molecular complexity index is 701. The van der Waals surface area contributed by atoms with Crippen molar-refractivity contribution in [3.05, 3.63) is 77.4 Å². The van der Waals surface area contributed by atoms with Crippen LogP contribution in [0, 0.1) is 5.92 Å². The van der Waals surface area contributed by atoms with Crippen LogP contribution in [0.1, 0.15) is 36.4 Å². The number of hydrazone groups is 1. The zero-order valence-electron chi connectivity index (χ0n) is 12.6. The number of fused-ring (bicyclic) bond motifs is 1. The number of hydrogen-bond donors (Lipinski definition) is 1. The minimum absolute atomic E-state index is 0.329. The van der Waals surface area contributed by atoms with E-state index in [2.05, 4.69) is 72.2 Å². The Labute approximate surface area is 131 Å². The number of benzene rings is 2. The van der Waals surface area contributed by atoms with Gasteiger partial charge >= 0.3 is 0 Å². The lowest BCUT2D eigenvalue weighted by atomic mass is 9.78. The van der Waals surface area contributed by atoms with E-state index in [9.17, 15) is 0 Å². The molecule has 110 valence electrons. The van der Waals surface area contributed by atoms with Crippen molar-refractivity contribution in [2.24, 2.45) is 11.0 Å². The van der Waals surface area contributed by atoms with Gasteiger partial charge in [-0.15, -0.1) is 0 Å². The Kier molecular flexibility index (Phi) is 3.51. The normalized spacial score (nSPS) is 25.5. The lowest BCUT2D eigenvalue weighted by Gasteiger charge is -2.26. The smallest absolute Gasteiger partial charge is 0.0773 e. The summed E-state index contributed by atoms with van der Waals surface area (Å²) in [6.45, 7) is 0. The van der Waals surface area contributed by atoms with Gasteiger partial charge in [0.2, 0.25) is 0 Å². The topological polar surface area (TPSA) is 24.4 Å². The highest BCUT2D eigenvalue weighted by Crippen LogP contribution is 2.39. The first-order valence-electron chi connectivity index (χ1n) is 8.06. The fourth-order valence-corrected chi connectivity index (χ4v) is 3.59. The minimum Gasteiger partial charge on any atom is -0.302 e. The van der Waals surface area contributed by atoms with Crippen molar-refractivity contribution >= 4 is 11.8 Å². The van der Waals surface area contributed by atoms with Gasteiger partial charge in [0.15, 0.2) is 0 Å². The van der Waals surface area contributed by atoms with Gasteiger partial charge in [0, 0.05) is 5.92 Å². The van der Waals surface area contributed by atoms with Gasteiger partial charge < -0.3 is 5.43 Å². The summed E-state index contributed by atoms with van der Waals surface area (Å²) in [6.07, 6.45) is 5.90. The fourth-order valence-electron chi connectivity index (χ4n) is 3.59. The first kappa shape index (κ1) is 13.3. The van der Waals surface area contributed by atoms with Crippen LogP contribution in [-0.4, -0.2) is 5.71 Å². The van der Waals surface area contributed by atoms with Gasteiger partial charge in [0.05, 0.1) is 11.8 Å². The second kappa shape index (κ2) is 5.80. The summed E-state index contributed by atoms with van der Waals surface area (Å²) in [7, 11) is 0. The third-order valence-corrected chi connectivity index (χ3v) is 4.67. The predicted molar refractivity (Wildman–Crippen MR) is 91.5 cm³/mol. The van der Waals surface area contributed by atoms with Crippen molar-refractivity contribution in [2.75, 3.05) is 0 Å². The largest absolute Gasteiger partial charge is 0.302 e. The van der Waals surface area contributed by atoms with Gasteiger partial charge in [-0.1, -0.05) is 60.7 Å². The number of rotatable bonds is 2. The van der Waals surface area contributed by atoms with Crippen molar-refractivity contribution < 1.29 is 0 Å². The Hall–Kier alpha value is -2.35. The van der Waals surface area contributed by atoms with Crippen molar-refractivity contribution in [3.8, 4) is 0 Å². The molecule has 2 heteroatoms. The fraction of sp³-hybridized carbons (Fsp3) is 0.250. The quantitative estimate of drug-likeness (QED) is 0.860. The van der Waals surface area contributed by atoms with Crippen LogP contribution in [0.5, 0.6) is 0 Å².